The van der Waals surface area contributed by atoms with Crippen LogP contribution in [0.15, 0.2) is 0 Å². The molecule has 0 aromatic carbocycles. The third-order valence-corrected chi connectivity index (χ3v) is 4.38. The highest BCUT2D eigenvalue weighted by molar-refractivity contribution is 6.20. The Balaban J connectivity index is 2.20. The number of hydrogen-bond donors (Lipinski definition) is 0. The first-order valence-corrected chi connectivity index (χ1v) is 8.38. The van der Waals surface area contributed by atoms with Gasteiger partial charge in [0.05, 0.1) is 0 Å². The lowest BCUT2D eigenvalue weighted by molar-refractivity contribution is -0.119. The van der Waals surface area contributed by atoms with Crippen LogP contribution >= 0.6 is 11.6 Å². The van der Waals surface area contributed by atoms with Gasteiger partial charge in [0, 0.05) is 18.2 Å². The molecule has 1 fully saturated rings. The molecule has 1 atom stereocenters. The summed E-state index contributed by atoms with van der Waals surface area (Å²) >= 11 is 6.30. The van der Waals surface area contributed by atoms with Gasteiger partial charge in [-0.1, -0.05) is 51.4 Å². The number of rotatable bonds is 0. The fourth-order valence-electron chi connectivity index (χ4n) is 2.71. The van der Waals surface area contributed by atoms with E-state index in [9.17, 15) is 4.79 Å². The summed E-state index contributed by atoms with van der Waals surface area (Å²) in [5, 5.41) is 0.341. The Morgan fingerprint density at radius 1 is 0.667 bits per heavy atom. The lowest BCUT2D eigenvalue weighted by Gasteiger charge is -2.10. The minimum atomic E-state index is 0.341. The van der Waals surface area contributed by atoms with Crippen molar-refractivity contribution < 1.29 is 4.79 Å². The average molecular weight is 273 g/mol. The first kappa shape index (κ1) is 16.0. The zero-order chi connectivity index (χ0) is 13.1. The molecule has 18 heavy (non-hydrogen) atoms. The molecular formula is C16H29ClO. The predicted molar refractivity (Wildman–Crippen MR) is 79.3 cm³/mol. The van der Waals surface area contributed by atoms with E-state index >= 15 is 0 Å². The van der Waals surface area contributed by atoms with Crippen LogP contribution in [0.25, 0.3) is 0 Å². The maximum atomic E-state index is 11.6. The zero-order valence-corrected chi connectivity index (χ0v) is 12.5. The smallest absolute Gasteiger partial charge is 0.132 e. The Kier molecular flexibility index (Phi) is 9.65. The molecule has 0 spiro atoms. The van der Waals surface area contributed by atoms with E-state index in [1.54, 1.807) is 0 Å². The van der Waals surface area contributed by atoms with E-state index in [1.807, 2.05) is 0 Å². The fourth-order valence-corrected chi connectivity index (χ4v) is 3.01. The van der Waals surface area contributed by atoms with Gasteiger partial charge in [-0.3, -0.25) is 4.79 Å². The number of Topliss-reactive ketones (excluding diaryl/α,β-unsaturated/α-hetero) is 1. The van der Waals surface area contributed by atoms with Gasteiger partial charge in [-0.15, -0.1) is 11.6 Å². The van der Waals surface area contributed by atoms with Gasteiger partial charge >= 0.3 is 0 Å². The van der Waals surface area contributed by atoms with E-state index in [4.69, 9.17) is 11.6 Å². The van der Waals surface area contributed by atoms with Gasteiger partial charge in [0.2, 0.25) is 0 Å². The Morgan fingerprint density at radius 2 is 1.06 bits per heavy atom. The van der Waals surface area contributed by atoms with Gasteiger partial charge in [0.25, 0.3) is 0 Å². The van der Waals surface area contributed by atoms with Gasteiger partial charge in [0.15, 0.2) is 0 Å². The minimum Gasteiger partial charge on any atom is -0.300 e. The summed E-state index contributed by atoms with van der Waals surface area (Å²) in [4.78, 5) is 11.6. The monoisotopic (exact) mass is 272 g/mol. The lowest BCUT2D eigenvalue weighted by atomic mass is 10.0. The molecule has 2 heteroatoms. The van der Waals surface area contributed by atoms with E-state index in [0.717, 1.165) is 44.9 Å². The molecule has 0 aromatic rings. The molecule has 1 aliphatic rings. The lowest BCUT2D eigenvalue weighted by Crippen LogP contribution is -2.01. The van der Waals surface area contributed by atoms with Crippen molar-refractivity contribution in [1.29, 1.82) is 0 Å². The van der Waals surface area contributed by atoms with Gasteiger partial charge < -0.3 is 0 Å². The molecule has 0 N–H and O–H groups in total. The average Bonchev–Trinajstić information content (AvgIpc) is 2.35. The molecule has 0 aromatic heterocycles. The maximum absolute atomic E-state index is 11.6. The van der Waals surface area contributed by atoms with E-state index in [0.29, 0.717) is 11.2 Å². The highest BCUT2D eigenvalue weighted by atomic mass is 35.5. The van der Waals surface area contributed by atoms with Crippen LogP contribution in [0.2, 0.25) is 0 Å². The molecule has 106 valence electrons. The molecule has 0 amide bonds. The molecule has 0 bridgehead atoms. The van der Waals surface area contributed by atoms with Crippen molar-refractivity contribution in [3.8, 4) is 0 Å². The summed E-state index contributed by atoms with van der Waals surface area (Å²) in [7, 11) is 0. The predicted octanol–water partition coefficient (Wildman–Crippen LogP) is 5.64. The highest BCUT2D eigenvalue weighted by Crippen LogP contribution is 2.18. The second-order valence-electron chi connectivity index (χ2n) is 5.75. The molecule has 0 radical (unpaired) electrons. The van der Waals surface area contributed by atoms with E-state index in [2.05, 4.69) is 0 Å². The Bertz CT molecular complexity index is 215. The minimum absolute atomic E-state index is 0.341. The van der Waals surface area contributed by atoms with Crippen LogP contribution in [-0.2, 0) is 4.79 Å². The van der Waals surface area contributed by atoms with Crippen molar-refractivity contribution in [2.75, 3.05) is 0 Å². The van der Waals surface area contributed by atoms with Crippen molar-refractivity contribution in [2.45, 2.75) is 95.3 Å². The van der Waals surface area contributed by atoms with Crippen molar-refractivity contribution in [1.82, 2.24) is 0 Å². The number of carbonyl (C=O) groups is 1. The van der Waals surface area contributed by atoms with Crippen LogP contribution in [0.1, 0.15) is 89.9 Å². The quantitative estimate of drug-likeness (QED) is 0.522. The summed E-state index contributed by atoms with van der Waals surface area (Å²) in [6, 6.07) is 0. The standard InChI is InChI=1S/C16H29ClO/c17-15-11-7-5-3-1-2-4-6-8-13-16(18)14-10-9-12-15/h15H,1-14H2. The Labute approximate surface area is 118 Å². The van der Waals surface area contributed by atoms with Crippen molar-refractivity contribution >= 4 is 17.4 Å². The van der Waals surface area contributed by atoms with Crippen molar-refractivity contribution in [3.05, 3.63) is 0 Å². The summed E-state index contributed by atoms with van der Waals surface area (Å²) in [6.07, 6.45) is 16.4. The van der Waals surface area contributed by atoms with Crippen LogP contribution in [-0.4, -0.2) is 11.2 Å². The normalized spacial score (nSPS) is 26.9. The van der Waals surface area contributed by atoms with Gasteiger partial charge in [0.1, 0.15) is 5.78 Å². The van der Waals surface area contributed by atoms with Gasteiger partial charge in [-0.2, -0.15) is 0 Å². The Hall–Kier alpha value is -0.0400. The van der Waals surface area contributed by atoms with E-state index in [1.165, 1.54) is 44.9 Å². The molecule has 1 rings (SSSR count). The number of carbonyl (C=O) groups excluding carboxylic acids is 1. The number of halogens is 1. The molecule has 0 saturated heterocycles. The second-order valence-corrected chi connectivity index (χ2v) is 6.37. The first-order valence-electron chi connectivity index (χ1n) is 7.95. The molecule has 1 nitrogen and oxygen atoms in total. The van der Waals surface area contributed by atoms with Crippen LogP contribution < -0.4 is 0 Å². The van der Waals surface area contributed by atoms with E-state index < -0.39 is 0 Å². The third-order valence-electron chi connectivity index (χ3n) is 3.95. The topological polar surface area (TPSA) is 17.1 Å². The summed E-state index contributed by atoms with van der Waals surface area (Å²) in [5.41, 5.74) is 0. The summed E-state index contributed by atoms with van der Waals surface area (Å²) in [6.45, 7) is 0. The van der Waals surface area contributed by atoms with Gasteiger partial charge in [-0.05, 0) is 25.7 Å². The first-order chi connectivity index (χ1) is 8.79. The largest absolute Gasteiger partial charge is 0.300 e. The summed E-state index contributed by atoms with van der Waals surface area (Å²) < 4.78 is 0. The molecular weight excluding hydrogens is 244 g/mol. The number of ketones is 1. The molecule has 0 heterocycles. The van der Waals surface area contributed by atoms with E-state index in [-0.39, 0.29) is 0 Å². The van der Waals surface area contributed by atoms with Crippen LogP contribution in [0.4, 0.5) is 0 Å². The Morgan fingerprint density at radius 3 is 1.67 bits per heavy atom. The molecule has 1 saturated carbocycles. The van der Waals surface area contributed by atoms with Crippen LogP contribution in [0.5, 0.6) is 0 Å². The van der Waals surface area contributed by atoms with Crippen LogP contribution in [0.3, 0.4) is 0 Å². The van der Waals surface area contributed by atoms with Crippen LogP contribution in [0, 0.1) is 0 Å². The summed E-state index contributed by atoms with van der Waals surface area (Å²) in [5.74, 6) is 0.466. The maximum Gasteiger partial charge on any atom is 0.132 e. The number of alkyl halides is 1. The van der Waals surface area contributed by atoms with Crippen molar-refractivity contribution in [3.63, 3.8) is 0 Å². The molecule has 0 aliphatic heterocycles. The highest BCUT2D eigenvalue weighted by Gasteiger charge is 2.07. The second kappa shape index (κ2) is 10.8. The van der Waals surface area contributed by atoms with Gasteiger partial charge in [-0.25, -0.2) is 0 Å². The zero-order valence-electron chi connectivity index (χ0n) is 11.8. The molecule has 1 aliphatic carbocycles. The number of hydrogen-bond acceptors (Lipinski definition) is 1. The molecule has 1 unspecified atom stereocenters. The third kappa shape index (κ3) is 8.97. The fraction of sp³-hybridized carbons (Fsp3) is 0.938. The van der Waals surface area contributed by atoms with Crippen molar-refractivity contribution in [2.24, 2.45) is 0 Å². The SMILES string of the molecule is O=C1CCCCCCCCCCC(Cl)CCCC1.